The largest absolute Gasteiger partial charge is 0.469 e. The maximum Gasteiger partial charge on any atom is 0.306 e. The molecule has 6 heteroatoms. The molecule has 1 atom stereocenters. The van der Waals surface area contributed by atoms with Gasteiger partial charge in [-0.3, -0.25) is 14.4 Å². The van der Waals surface area contributed by atoms with Gasteiger partial charge in [-0.1, -0.05) is 17.7 Å². The highest BCUT2D eigenvalue weighted by Gasteiger charge is 2.39. The lowest BCUT2D eigenvalue weighted by Crippen LogP contribution is -2.31. The smallest absolute Gasteiger partial charge is 0.306 e. The Balaban J connectivity index is 1.99. The Hall–Kier alpha value is -1.82. The molecule has 1 heterocycles. The second-order valence-electron chi connectivity index (χ2n) is 4.79. The standard InChI is InChI=1S/C15H17NO4S/c1-10-3-5-11(6-4-10)16-13(17)9-12(15(16)19)21-8-7-14(18)20-2/h3-6,12H,7-9H2,1-2H3/t12-/m0/s1. The van der Waals surface area contributed by atoms with Crippen molar-refractivity contribution in [3.63, 3.8) is 0 Å². The summed E-state index contributed by atoms with van der Waals surface area (Å²) in [7, 11) is 1.33. The Morgan fingerprint density at radius 3 is 2.62 bits per heavy atom. The van der Waals surface area contributed by atoms with Gasteiger partial charge in [0, 0.05) is 12.2 Å². The van der Waals surface area contributed by atoms with Crippen molar-refractivity contribution in [2.45, 2.75) is 25.0 Å². The summed E-state index contributed by atoms with van der Waals surface area (Å²) < 4.78 is 4.55. The van der Waals surface area contributed by atoms with E-state index in [1.54, 1.807) is 12.1 Å². The van der Waals surface area contributed by atoms with Crippen LogP contribution >= 0.6 is 11.8 Å². The highest BCUT2D eigenvalue weighted by molar-refractivity contribution is 8.00. The molecule has 0 N–H and O–H groups in total. The monoisotopic (exact) mass is 307 g/mol. The molecule has 1 saturated heterocycles. The van der Waals surface area contributed by atoms with Crippen LogP contribution in [0.25, 0.3) is 0 Å². The SMILES string of the molecule is COC(=O)CCS[C@H]1CC(=O)N(c2ccc(C)cc2)C1=O. The minimum Gasteiger partial charge on any atom is -0.469 e. The van der Waals surface area contributed by atoms with Gasteiger partial charge in [-0.15, -0.1) is 11.8 Å². The molecule has 2 amide bonds. The van der Waals surface area contributed by atoms with Crippen LogP contribution in [0.4, 0.5) is 5.69 Å². The Morgan fingerprint density at radius 1 is 1.33 bits per heavy atom. The minimum absolute atomic E-state index is 0.179. The van der Waals surface area contributed by atoms with Gasteiger partial charge in [0.2, 0.25) is 11.8 Å². The molecule has 21 heavy (non-hydrogen) atoms. The maximum absolute atomic E-state index is 12.3. The molecule has 1 fully saturated rings. The molecule has 2 rings (SSSR count). The number of benzene rings is 1. The predicted molar refractivity (Wildman–Crippen MR) is 81.2 cm³/mol. The first-order valence-corrected chi connectivity index (χ1v) is 7.69. The summed E-state index contributed by atoms with van der Waals surface area (Å²) in [4.78, 5) is 36.6. The van der Waals surface area contributed by atoms with Gasteiger partial charge < -0.3 is 4.74 Å². The van der Waals surface area contributed by atoms with E-state index in [0.29, 0.717) is 11.4 Å². The van der Waals surface area contributed by atoms with E-state index in [1.165, 1.54) is 23.8 Å². The number of amides is 2. The average molecular weight is 307 g/mol. The van der Waals surface area contributed by atoms with E-state index < -0.39 is 5.25 Å². The number of aryl methyl sites for hydroxylation is 1. The summed E-state index contributed by atoms with van der Waals surface area (Å²) in [5, 5.41) is -0.413. The highest BCUT2D eigenvalue weighted by atomic mass is 32.2. The Labute approximate surface area is 127 Å². The summed E-state index contributed by atoms with van der Waals surface area (Å²) in [6, 6.07) is 7.28. The average Bonchev–Trinajstić information content (AvgIpc) is 2.75. The molecular formula is C15H17NO4S. The van der Waals surface area contributed by atoms with E-state index in [4.69, 9.17) is 0 Å². The van der Waals surface area contributed by atoms with Crippen LogP contribution in [-0.4, -0.2) is 35.9 Å². The summed E-state index contributed by atoms with van der Waals surface area (Å²) in [5.74, 6) is -0.245. The van der Waals surface area contributed by atoms with Crippen LogP contribution in [0.1, 0.15) is 18.4 Å². The molecule has 0 aromatic heterocycles. The molecule has 112 valence electrons. The van der Waals surface area contributed by atoms with Crippen molar-refractivity contribution in [1.82, 2.24) is 0 Å². The van der Waals surface area contributed by atoms with Crippen LogP contribution in [-0.2, 0) is 19.1 Å². The molecule has 1 aromatic rings. The molecule has 5 nitrogen and oxygen atoms in total. The van der Waals surface area contributed by atoms with Crippen LogP contribution in [0, 0.1) is 6.92 Å². The molecule has 1 aliphatic rings. The number of nitrogens with zero attached hydrogens (tertiary/aromatic N) is 1. The fourth-order valence-electron chi connectivity index (χ4n) is 2.09. The minimum atomic E-state index is -0.413. The Bertz CT molecular complexity index is 555. The van der Waals surface area contributed by atoms with Gasteiger partial charge in [-0.2, -0.15) is 0 Å². The fourth-order valence-corrected chi connectivity index (χ4v) is 3.16. The van der Waals surface area contributed by atoms with E-state index in [9.17, 15) is 14.4 Å². The first-order valence-electron chi connectivity index (χ1n) is 6.65. The van der Waals surface area contributed by atoms with Crippen molar-refractivity contribution in [2.24, 2.45) is 0 Å². The third kappa shape index (κ3) is 3.64. The number of carbonyl (C=O) groups is 3. The molecule has 1 aromatic carbocycles. The fraction of sp³-hybridized carbons (Fsp3) is 0.400. The molecule has 0 unspecified atom stereocenters. The molecule has 0 bridgehead atoms. The summed E-state index contributed by atoms with van der Waals surface area (Å²) >= 11 is 1.33. The Morgan fingerprint density at radius 2 is 2.00 bits per heavy atom. The van der Waals surface area contributed by atoms with E-state index in [-0.39, 0.29) is 30.6 Å². The number of rotatable bonds is 5. The summed E-state index contributed by atoms with van der Waals surface area (Å²) in [5.41, 5.74) is 1.67. The second kappa shape index (κ2) is 6.76. The summed E-state index contributed by atoms with van der Waals surface area (Å²) in [6.45, 7) is 1.95. The maximum atomic E-state index is 12.3. The van der Waals surface area contributed by atoms with E-state index in [0.717, 1.165) is 5.56 Å². The molecule has 0 saturated carbocycles. The van der Waals surface area contributed by atoms with Gasteiger partial charge in [-0.25, -0.2) is 4.90 Å². The van der Waals surface area contributed by atoms with Gasteiger partial charge in [0.1, 0.15) is 0 Å². The molecular weight excluding hydrogens is 290 g/mol. The number of methoxy groups -OCH3 is 1. The highest BCUT2D eigenvalue weighted by Crippen LogP contribution is 2.30. The van der Waals surface area contributed by atoms with Crippen molar-refractivity contribution in [3.05, 3.63) is 29.8 Å². The zero-order valence-electron chi connectivity index (χ0n) is 12.0. The van der Waals surface area contributed by atoms with Crippen LogP contribution in [0.5, 0.6) is 0 Å². The van der Waals surface area contributed by atoms with Crippen LogP contribution in [0.3, 0.4) is 0 Å². The predicted octanol–water partition coefficient (Wildman–Crippen LogP) is 1.92. The number of ether oxygens (including phenoxy) is 1. The number of thioether (sulfide) groups is 1. The molecule has 0 aliphatic carbocycles. The van der Waals surface area contributed by atoms with Crippen LogP contribution < -0.4 is 4.90 Å². The van der Waals surface area contributed by atoms with Gasteiger partial charge >= 0.3 is 5.97 Å². The van der Waals surface area contributed by atoms with Gasteiger partial charge in [-0.05, 0) is 19.1 Å². The number of imide groups is 1. The molecule has 0 radical (unpaired) electrons. The van der Waals surface area contributed by atoms with Gasteiger partial charge in [0.25, 0.3) is 0 Å². The third-order valence-electron chi connectivity index (χ3n) is 3.25. The molecule has 0 spiro atoms. The number of hydrogen-bond acceptors (Lipinski definition) is 5. The topological polar surface area (TPSA) is 63.7 Å². The first kappa shape index (κ1) is 15.6. The van der Waals surface area contributed by atoms with Crippen molar-refractivity contribution in [3.8, 4) is 0 Å². The van der Waals surface area contributed by atoms with Crippen molar-refractivity contribution < 1.29 is 19.1 Å². The second-order valence-corrected chi connectivity index (χ2v) is 6.10. The van der Waals surface area contributed by atoms with Crippen molar-refractivity contribution in [2.75, 3.05) is 17.8 Å². The van der Waals surface area contributed by atoms with E-state index in [1.807, 2.05) is 19.1 Å². The normalized spacial score (nSPS) is 18.2. The number of anilines is 1. The third-order valence-corrected chi connectivity index (χ3v) is 4.46. The lowest BCUT2D eigenvalue weighted by atomic mass is 10.2. The number of carbonyl (C=O) groups excluding carboxylic acids is 3. The summed E-state index contributed by atoms with van der Waals surface area (Å²) in [6.07, 6.45) is 0.419. The van der Waals surface area contributed by atoms with Crippen LogP contribution in [0.2, 0.25) is 0 Å². The van der Waals surface area contributed by atoms with Gasteiger partial charge in [0.05, 0.1) is 24.5 Å². The molecule has 1 aliphatic heterocycles. The van der Waals surface area contributed by atoms with Gasteiger partial charge in [0.15, 0.2) is 0 Å². The lowest BCUT2D eigenvalue weighted by Gasteiger charge is -2.15. The van der Waals surface area contributed by atoms with E-state index in [2.05, 4.69) is 4.74 Å². The van der Waals surface area contributed by atoms with Crippen LogP contribution in [0.15, 0.2) is 24.3 Å². The lowest BCUT2D eigenvalue weighted by molar-refractivity contribution is -0.140. The quantitative estimate of drug-likeness (QED) is 0.614. The van der Waals surface area contributed by atoms with Crippen molar-refractivity contribution >= 4 is 35.2 Å². The van der Waals surface area contributed by atoms with Crippen molar-refractivity contribution in [1.29, 1.82) is 0 Å². The number of esters is 1. The zero-order valence-corrected chi connectivity index (χ0v) is 12.8. The Kier molecular flexibility index (Phi) is 5.01. The first-order chi connectivity index (χ1) is 10.0. The number of hydrogen-bond donors (Lipinski definition) is 0. The van der Waals surface area contributed by atoms with E-state index >= 15 is 0 Å². The zero-order chi connectivity index (χ0) is 15.4.